The zero-order valence-corrected chi connectivity index (χ0v) is 17.5. The number of anilines is 5. The minimum atomic E-state index is -4.73. The van der Waals surface area contributed by atoms with E-state index in [1.165, 1.54) is 38.5 Å². The number of ether oxygens (including phenoxy) is 2. The van der Waals surface area contributed by atoms with Crippen LogP contribution in [0.15, 0.2) is 55.3 Å². The van der Waals surface area contributed by atoms with Crippen LogP contribution in [0.3, 0.4) is 0 Å². The van der Waals surface area contributed by atoms with E-state index < -0.39 is 23.5 Å². The average molecular weight is 460 g/mol. The molecule has 12 heteroatoms. The first-order valence-corrected chi connectivity index (χ1v) is 9.34. The summed E-state index contributed by atoms with van der Waals surface area (Å²) in [6.07, 6.45) is -3.04. The Balaban J connectivity index is 1.99. The molecule has 2 heterocycles. The SMILES string of the molecule is C=CC(=O)Nc1ccccc1Nc1nc(Nc2cc(OC)nc(OC)c2)ncc1C(F)(F)F. The van der Waals surface area contributed by atoms with Crippen molar-refractivity contribution in [2.75, 3.05) is 30.2 Å². The molecule has 3 aromatic rings. The van der Waals surface area contributed by atoms with Crippen molar-refractivity contribution in [3.05, 3.63) is 60.8 Å². The number of methoxy groups -OCH3 is 2. The Labute approximate surface area is 186 Å². The highest BCUT2D eigenvalue weighted by Crippen LogP contribution is 2.36. The lowest BCUT2D eigenvalue weighted by Crippen LogP contribution is -2.14. The summed E-state index contributed by atoms with van der Waals surface area (Å²) < 4.78 is 51.0. The Morgan fingerprint density at radius 3 is 2.24 bits per heavy atom. The average Bonchev–Trinajstić information content (AvgIpc) is 2.79. The topological polar surface area (TPSA) is 110 Å². The van der Waals surface area contributed by atoms with E-state index >= 15 is 0 Å². The van der Waals surface area contributed by atoms with E-state index in [1.807, 2.05) is 0 Å². The van der Waals surface area contributed by atoms with Gasteiger partial charge in [0.15, 0.2) is 0 Å². The molecule has 2 aromatic heterocycles. The first-order valence-electron chi connectivity index (χ1n) is 9.34. The summed E-state index contributed by atoms with van der Waals surface area (Å²) in [5, 5.41) is 7.95. The first-order chi connectivity index (χ1) is 15.7. The quantitative estimate of drug-likeness (QED) is 0.421. The molecule has 0 spiro atoms. The number of rotatable bonds is 8. The van der Waals surface area contributed by atoms with Crippen molar-refractivity contribution in [3.8, 4) is 11.8 Å². The number of carbonyl (C=O) groups is 1. The maximum absolute atomic E-state index is 13.6. The number of hydrogen-bond acceptors (Lipinski definition) is 8. The highest BCUT2D eigenvalue weighted by Gasteiger charge is 2.35. The van der Waals surface area contributed by atoms with Gasteiger partial charge in [-0.2, -0.15) is 23.1 Å². The van der Waals surface area contributed by atoms with Crippen molar-refractivity contribution in [3.63, 3.8) is 0 Å². The second-order valence-electron chi connectivity index (χ2n) is 6.38. The molecule has 0 bridgehead atoms. The van der Waals surface area contributed by atoms with E-state index in [1.54, 1.807) is 12.1 Å². The number of halogens is 3. The standard InChI is InChI=1S/C21H19F3N6O3/c1-4-16(31)27-14-7-5-6-8-15(14)28-19-13(21(22,23)24)11-25-20(30-19)26-12-9-17(32-2)29-18(10-12)33-3/h4-11H,1H2,2-3H3,(H,27,31)(H2,25,26,28,29,30). The van der Waals surface area contributed by atoms with Crippen LogP contribution in [0.1, 0.15) is 5.56 Å². The molecule has 0 saturated heterocycles. The van der Waals surface area contributed by atoms with Gasteiger partial charge in [-0.25, -0.2) is 4.98 Å². The van der Waals surface area contributed by atoms with Gasteiger partial charge in [0.25, 0.3) is 0 Å². The minimum absolute atomic E-state index is 0.131. The van der Waals surface area contributed by atoms with Crippen molar-refractivity contribution >= 4 is 34.7 Å². The van der Waals surface area contributed by atoms with Crippen LogP contribution in [0, 0.1) is 0 Å². The maximum atomic E-state index is 13.6. The van der Waals surface area contributed by atoms with Crippen LogP contribution in [-0.2, 0) is 11.0 Å². The van der Waals surface area contributed by atoms with Gasteiger partial charge >= 0.3 is 6.18 Å². The van der Waals surface area contributed by atoms with Crippen LogP contribution in [-0.4, -0.2) is 35.1 Å². The zero-order chi connectivity index (χ0) is 24.0. The molecule has 0 aliphatic heterocycles. The van der Waals surface area contributed by atoms with E-state index in [0.29, 0.717) is 11.9 Å². The fourth-order valence-electron chi connectivity index (χ4n) is 2.65. The molecule has 0 aliphatic carbocycles. The number of aromatic nitrogens is 3. The van der Waals surface area contributed by atoms with Gasteiger partial charge in [0.05, 0.1) is 31.3 Å². The van der Waals surface area contributed by atoms with Crippen LogP contribution in [0.2, 0.25) is 0 Å². The smallest absolute Gasteiger partial charge is 0.421 e. The molecule has 0 atom stereocenters. The van der Waals surface area contributed by atoms with Crippen molar-refractivity contribution in [2.45, 2.75) is 6.18 Å². The van der Waals surface area contributed by atoms with Gasteiger partial charge in [-0.15, -0.1) is 0 Å². The van der Waals surface area contributed by atoms with Gasteiger partial charge in [-0.05, 0) is 18.2 Å². The van der Waals surface area contributed by atoms with E-state index in [0.717, 1.165) is 6.08 Å². The maximum Gasteiger partial charge on any atom is 0.421 e. The van der Waals surface area contributed by atoms with Crippen molar-refractivity contribution in [1.29, 1.82) is 0 Å². The molecule has 0 unspecified atom stereocenters. The second-order valence-corrected chi connectivity index (χ2v) is 6.38. The predicted octanol–water partition coefficient (Wildman–Crippen LogP) is 4.52. The van der Waals surface area contributed by atoms with Gasteiger partial charge in [0.1, 0.15) is 11.4 Å². The summed E-state index contributed by atoms with van der Waals surface area (Å²) in [5.41, 5.74) is -0.284. The normalized spacial score (nSPS) is 10.8. The van der Waals surface area contributed by atoms with Crippen LogP contribution >= 0.6 is 0 Å². The largest absolute Gasteiger partial charge is 0.481 e. The van der Waals surface area contributed by atoms with Crippen LogP contribution in [0.4, 0.5) is 42.0 Å². The molecule has 3 rings (SSSR count). The third kappa shape index (κ3) is 5.87. The fraction of sp³-hybridized carbons (Fsp3) is 0.143. The number of benzene rings is 1. The van der Waals surface area contributed by atoms with Crippen molar-refractivity contribution < 1.29 is 27.4 Å². The Morgan fingerprint density at radius 2 is 1.67 bits per heavy atom. The van der Waals surface area contributed by atoms with Gasteiger partial charge in [-0.1, -0.05) is 18.7 Å². The number of carbonyl (C=O) groups excluding carboxylic acids is 1. The number of para-hydroxylation sites is 2. The summed E-state index contributed by atoms with van der Waals surface area (Å²) in [7, 11) is 2.82. The number of pyridine rings is 1. The summed E-state index contributed by atoms with van der Waals surface area (Å²) in [6.45, 7) is 3.36. The second kappa shape index (κ2) is 9.85. The lowest BCUT2D eigenvalue weighted by molar-refractivity contribution is -0.137. The third-order valence-electron chi connectivity index (χ3n) is 4.17. The summed E-state index contributed by atoms with van der Waals surface area (Å²) in [4.78, 5) is 23.5. The minimum Gasteiger partial charge on any atom is -0.481 e. The van der Waals surface area contributed by atoms with E-state index in [9.17, 15) is 18.0 Å². The van der Waals surface area contributed by atoms with Crippen LogP contribution in [0.5, 0.6) is 11.8 Å². The molecule has 1 amide bonds. The number of amides is 1. The zero-order valence-electron chi connectivity index (χ0n) is 17.5. The van der Waals surface area contributed by atoms with Crippen molar-refractivity contribution in [1.82, 2.24) is 15.0 Å². The molecular weight excluding hydrogens is 441 g/mol. The number of alkyl halides is 3. The molecule has 9 nitrogen and oxygen atoms in total. The van der Waals surface area contributed by atoms with Gasteiger partial charge in [-0.3, -0.25) is 4.79 Å². The van der Waals surface area contributed by atoms with Crippen LogP contribution < -0.4 is 25.4 Å². The lowest BCUT2D eigenvalue weighted by atomic mass is 10.2. The van der Waals surface area contributed by atoms with Gasteiger partial charge in [0, 0.05) is 18.3 Å². The van der Waals surface area contributed by atoms with Gasteiger partial charge < -0.3 is 25.4 Å². The Kier molecular flexibility index (Phi) is 6.96. The molecule has 0 radical (unpaired) electrons. The predicted molar refractivity (Wildman–Crippen MR) is 116 cm³/mol. The molecule has 0 aliphatic rings. The van der Waals surface area contributed by atoms with E-state index in [-0.39, 0.29) is 29.1 Å². The fourth-order valence-corrected chi connectivity index (χ4v) is 2.65. The summed E-state index contributed by atoms with van der Waals surface area (Å²) in [5.74, 6) is -0.740. The highest BCUT2D eigenvalue weighted by molar-refractivity contribution is 6.01. The Morgan fingerprint density at radius 1 is 1.03 bits per heavy atom. The summed E-state index contributed by atoms with van der Waals surface area (Å²) >= 11 is 0. The first kappa shape index (κ1) is 23.3. The van der Waals surface area contributed by atoms with Gasteiger partial charge in [0.2, 0.25) is 23.6 Å². The molecule has 0 fully saturated rings. The molecule has 172 valence electrons. The molecular formula is C21H19F3N6O3. The molecule has 33 heavy (non-hydrogen) atoms. The lowest BCUT2D eigenvalue weighted by Gasteiger charge is -2.17. The van der Waals surface area contributed by atoms with Crippen LogP contribution in [0.25, 0.3) is 0 Å². The molecule has 1 aromatic carbocycles. The molecule has 3 N–H and O–H groups in total. The Bertz CT molecular complexity index is 1150. The highest BCUT2D eigenvalue weighted by atomic mass is 19.4. The van der Waals surface area contributed by atoms with E-state index in [4.69, 9.17) is 9.47 Å². The van der Waals surface area contributed by atoms with Crippen molar-refractivity contribution in [2.24, 2.45) is 0 Å². The van der Waals surface area contributed by atoms with E-state index in [2.05, 4.69) is 37.5 Å². The monoisotopic (exact) mass is 460 g/mol. The number of nitrogens with zero attached hydrogens (tertiary/aromatic N) is 3. The number of hydrogen-bond donors (Lipinski definition) is 3. The third-order valence-corrected chi connectivity index (χ3v) is 4.17. The summed E-state index contributed by atoms with van der Waals surface area (Å²) in [6, 6.07) is 9.22. The number of nitrogens with one attached hydrogen (secondary N) is 3. The molecule has 0 saturated carbocycles. The Hall–Kier alpha value is -4.35.